The van der Waals surface area contributed by atoms with Crippen molar-refractivity contribution in [2.24, 2.45) is 0 Å². The number of benzene rings is 2. The Kier molecular flexibility index (Phi) is 9.16. The molecule has 2 aromatic carbocycles. The Morgan fingerprint density at radius 2 is 1.67 bits per heavy atom. The van der Waals surface area contributed by atoms with Gasteiger partial charge in [-0.05, 0) is 74.3 Å². The zero-order valence-electron chi connectivity index (χ0n) is 23.8. The molecule has 0 atom stereocenters. The minimum atomic E-state index is -0.273. The van der Waals surface area contributed by atoms with Crippen LogP contribution in [0.15, 0.2) is 61.4 Å². The Hall–Kier alpha value is -3.85. The van der Waals surface area contributed by atoms with Crippen LogP contribution in [-0.4, -0.2) is 54.6 Å². The number of carbonyl (C=O) groups excluding carboxylic acids is 1. The lowest BCUT2D eigenvalue weighted by molar-refractivity contribution is -0.111. The SMILES string of the molecule is C=CC(=O)Nc1cc(C2CCN(CC)CC2)ccc1Nc1cc2cnc(-c3c(Cl)c(OC)cc(OC)c3Cl)cc2cn1. The largest absolute Gasteiger partial charge is 0.495 e. The lowest BCUT2D eigenvalue weighted by Gasteiger charge is -2.31. The number of methoxy groups -OCH3 is 2. The number of pyridine rings is 2. The van der Waals surface area contributed by atoms with Crippen LogP contribution in [0.4, 0.5) is 17.2 Å². The Morgan fingerprint density at radius 1 is 1.00 bits per heavy atom. The van der Waals surface area contributed by atoms with E-state index < -0.39 is 0 Å². The van der Waals surface area contributed by atoms with E-state index in [0.717, 1.165) is 48.9 Å². The number of nitrogens with one attached hydrogen (secondary N) is 2. The van der Waals surface area contributed by atoms with Crippen LogP contribution in [-0.2, 0) is 4.79 Å². The summed E-state index contributed by atoms with van der Waals surface area (Å²) in [6.45, 7) is 9.03. The van der Waals surface area contributed by atoms with Crippen LogP contribution in [0.3, 0.4) is 0 Å². The molecule has 2 aromatic heterocycles. The fourth-order valence-corrected chi connectivity index (χ4v) is 5.98. The normalized spacial score (nSPS) is 14.0. The molecule has 1 saturated heterocycles. The van der Waals surface area contributed by atoms with E-state index in [0.29, 0.717) is 50.2 Å². The molecule has 218 valence electrons. The Labute approximate surface area is 255 Å². The smallest absolute Gasteiger partial charge is 0.247 e. The molecule has 0 unspecified atom stereocenters. The predicted molar refractivity (Wildman–Crippen MR) is 171 cm³/mol. The molecule has 1 aliphatic rings. The highest BCUT2D eigenvalue weighted by Crippen LogP contribution is 2.45. The lowest BCUT2D eigenvalue weighted by Crippen LogP contribution is -2.32. The van der Waals surface area contributed by atoms with Crippen LogP contribution >= 0.6 is 23.2 Å². The number of ether oxygens (including phenoxy) is 2. The van der Waals surface area contributed by atoms with Crippen LogP contribution in [0.25, 0.3) is 22.0 Å². The summed E-state index contributed by atoms with van der Waals surface area (Å²) in [4.78, 5) is 24.0. The fraction of sp³-hybridized carbons (Fsp3) is 0.281. The van der Waals surface area contributed by atoms with Crippen molar-refractivity contribution in [3.63, 3.8) is 0 Å². The topological polar surface area (TPSA) is 88.6 Å². The zero-order valence-corrected chi connectivity index (χ0v) is 25.4. The molecule has 10 heteroatoms. The third-order valence-electron chi connectivity index (χ3n) is 7.69. The average Bonchev–Trinajstić information content (AvgIpc) is 3.02. The molecule has 2 N–H and O–H groups in total. The molecule has 5 rings (SSSR count). The molecule has 3 heterocycles. The highest BCUT2D eigenvalue weighted by molar-refractivity contribution is 6.41. The number of halogens is 2. The third kappa shape index (κ3) is 6.16. The number of fused-ring (bicyclic) bond motifs is 1. The number of likely N-dealkylation sites (tertiary alicyclic amines) is 1. The van der Waals surface area contributed by atoms with E-state index in [1.807, 2.05) is 18.2 Å². The van der Waals surface area contributed by atoms with Crippen molar-refractivity contribution in [1.82, 2.24) is 14.9 Å². The fourth-order valence-electron chi connectivity index (χ4n) is 5.29. The van der Waals surface area contributed by atoms with Gasteiger partial charge in [-0.15, -0.1) is 0 Å². The minimum absolute atomic E-state index is 0.273. The van der Waals surface area contributed by atoms with Crippen LogP contribution in [0, 0.1) is 0 Å². The first-order valence-electron chi connectivity index (χ1n) is 13.8. The molecule has 0 radical (unpaired) electrons. The molecule has 0 aliphatic carbocycles. The standard InChI is InChI=1S/C32H33Cl2N5O3/c1-5-29(40)38-24-13-20(19-9-11-39(6-2)12-10-19)7-8-23(24)37-28-15-22-17-35-25(14-21(22)18-36-28)30-31(33)26(41-3)16-27(42-4)32(30)34/h5,7-8,13-19H,1,6,9-12H2,2-4H3,(H,36,37)(H,38,40). The van der Waals surface area contributed by atoms with E-state index in [1.165, 1.54) is 25.9 Å². The molecule has 8 nitrogen and oxygen atoms in total. The lowest BCUT2D eigenvalue weighted by atomic mass is 9.89. The summed E-state index contributed by atoms with van der Waals surface area (Å²) in [5, 5.41) is 8.70. The molecular formula is C32H33Cl2N5O3. The predicted octanol–water partition coefficient (Wildman–Crippen LogP) is 7.69. The van der Waals surface area contributed by atoms with Crippen molar-refractivity contribution < 1.29 is 14.3 Å². The van der Waals surface area contributed by atoms with E-state index in [2.05, 4.69) is 51.1 Å². The van der Waals surface area contributed by atoms with Crippen LogP contribution < -0.4 is 20.1 Å². The van der Waals surface area contributed by atoms with Crippen molar-refractivity contribution in [3.05, 3.63) is 77.1 Å². The van der Waals surface area contributed by atoms with E-state index in [1.54, 1.807) is 18.5 Å². The van der Waals surface area contributed by atoms with E-state index in [-0.39, 0.29) is 5.91 Å². The van der Waals surface area contributed by atoms with Gasteiger partial charge in [-0.3, -0.25) is 9.78 Å². The highest BCUT2D eigenvalue weighted by atomic mass is 35.5. The molecule has 1 fully saturated rings. The summed E-state index contributed by atoms with van der Waals surface area (Å²) < 4.78 is 10.8. The summed E-state index contributed by atoms with van der Waals surface area (Å²) in [5.74, 6) is 1.65. The summed E-state index contributed by atoms with van der Waals surface area (Å²) >= 11 is 13.2. The number of carbonyl (C=O) groups is 1. The average molecular weight is 607 g/mol. The number of aromatic nitrogens is 2. The first-order valence-corrected chi connectivity index (χ1v) is 14.5. The first kappa shape index (κ1) is 29.6. The number of piperidine rings is 1. The van der Waals surface area contributed by atoms with Gasteiger partial charge in [-0.25, -0.2) is 4.98 Å². The third-order valence-corrected chi connectivity index (χ3v) is 8.44. The highest BCUT2D eigenvalue weighted by Gasteiger charge is 2.22. The van der Waals surface area contributed by atoms with Crippen molar-refractivity contribution in [3.8, 4) is 22.8 Å². The Morgan fingerprint density at radius 3 is 2.31 bits per heavy atom. The molecule has 1 aliphatic heterocycles. The number of anilines is 3. The van der Waals surface area contributed by atoms with Gasteiger partial charge in [0.25, 0.3) is 0 Å². The Bertz CT molecular complexity index is 1610. The van der Waals surface area contributed by atoms with E-state index in [4.69, 9.17) is 32.7 Å². The van der Waals surface area contributed by atoms with Gasteiger partial charge < -0.3 is 25.0 Å². The van der Waals surface area contributed by atoms with Gasteiger partial charge in [-0.1, -0.05) is 42.8 Å². The van der Waals surface area contributed by atoms with Gasteiger partial charge in [0, 0.05) is 34.8 Å². The summed E-state index contributed by atoms with van der Waals surface area (Å²) in [6, 6.07) is 11.6. The second-order valence-electron chi connectivity index (χ2n) is 10.1. The second-order valence-corrected chi connectivity index (χ2v) is 10.9. The molecule has 0 bridgehead atoms. The van der Waals surface area contributed by atoms with Crippen molar-refractivity contribution in [2.75, 3.05) is 44.5 Å². The molecule has 4 aromatic rings. The summed E-state index contributed by atoms with van der Waals surface area (Å²) in [5.41, 5.74) is 3.71. The first-order chi connectivity index (χ1) is 20.3. The second kappa shape index (κ2) is 13.0. The van der Waals surface area contributed by atoms with Crippen LogP contribution in [0.5, 0.6) is 11.5 Å². The van der Waals surface area contributed by atoms with Crippen molar-refractivity contribution in [1.29, 1.82) is 0 Å². The number of amides is 1. The minimum Gasteiger partial charge on any atom is -0.495 e. The maximum absolute atomic E-state index is 12.3. The molecular weight excluding hydrogens is 573 g/mol. The van der Waals surface area contributed by atoms with Gasteiger partial charge >= 0.3 is 0 Å². The molecule has 0 spiro atoms. The van der Waals surface area contributed by atoms with Crippen molar-refractivity contribution in [2.45, 2.75) is 25.7 Å². The number of nitrogens with zero attached hydrogens (tertiary/aromatic N) is 3. The monoisotopic (exact) mass is 605 g/mol. The van der Waals surface area contributed by atoms with E-state index in [9.17, 15) is 4.79 Å². The Balaban J connectivity index is 1.44. The summed E-state index contributed by atoms with van der Waals surface area (Å²) in [7, 11) is 3.06. The summed E-state index contributed by atoms with van der Waals surface area (Å²) in [6.07, 6.45) is 6.94. The van der Waals surface area contributed by atoms with Crippen LogP contribution in [0.1, 0.15) is 31.2 Å². The van der Waals surface area contributed by atoms with Gasteiger partial charge in [-0.2, -0.15) is 0 Å². The molecule has 0 saturated carbocycles. The number of hydrogen-bond acceptors (Lipinski definition) is 7. The van der Waals surface area contributed by atoms with Gasteiger partial charge in [0.2, 0.25) is 5.91 Å². The maximum atomic E-state index is 12.3. The molecule has 1 amide bonds. The maximum Gasteiger partial charge on any atom is 0.247 e. The van der Waals surface area contributed by atoms with Crippen molar-refractivity contribution >= 4 is 57.1 Å². The van der Waals surface area contributed by atoms with Gasteiger partial charge in [0.15, 0.2) is 0 Å². The molecule has 42 heavy (non-hydrogen) atoms. The zero-order chi connectivity index (χ0) is 29.8. The van der Waals surface area contributed by atoms with E-state index >= 15 is 0 Å². The number of hydrogen-bond donors (Lipinski definition) is 2. The van der Waals surface area contributed by atoms with Gasteiger partial charge in [0.1, 0.15) is 17.3 Å². The van der Waals surface area contributed by atoms with Gasteiger partial charge in [0.05, 0.1) is 41.3 Å². The quantitative estimate of drug-likeness (QED) is 0.189. The van der Waals surface area contributed by atoms with Crippen LogP contribution in [0.2, 0.25) is 10.0 Å². The number of rotatable bonds is 9.